The van der Waals surface area contributed by atoms with E-state index in [1.165, 1.54) is 12.8 Å². The van der Waals surface area contributed by atoms with Crippen LogP contribution in [0.5, 0.6) is 0 Å². The van der Waals surface area contributed by atoms with Crippen LogP contribution in [0, 0.1) is 5.41 Å². The zero-order chi connectivity index (χ0) is 14.2. The van der Waals surface area contributed by atoms with Crippen molar-refractivity contribution in [3.05, 3.63) is 35.9 Å². The highest BCUT2D eigenvalue weighted by Gasteiger charge is 2.40. The number of nitrogen functional groups attached to an aromatic ring is 1. The van der Waals surface area contributed by atoms with Crippen LogP contribution in [-0.2, 0) is 0 Å². The van der Waals surface area contributed by atoms with Crippen LogP contribution in [-0.4, -0.2) is 17.4 Å². The van der Waals surface area contributed by atoms with Gasteiger partial charge in [-0.3, -0.25) is 4.79 Å². The van der Waals surface area contributed by atoms with Gasteiger partial charge in [-0.25, -0.2) is 4.98 Å². The molecule has 4 nitrogen and oxygen atoms in total. The maximum atomic E-state index is 12.4. The van der Waals surface area contributed by atoms with Crippen molar-refractivity contribution in [1.82, 2.24) is 10.3 Å². The van der Waals surface area contributed by atoms with E-state index in [1.54, 1.807) is 6.07 Å². The molecule has 1 heterocycles. The van der Waals surface area contributed by atoms with E-state index in [2.05, 4.69) is 17.2 Å². The van der Waals surface area contributed by atoms with Crippen LogP contribution in [0.4, 0.5) is 5.82 Å². The maximum absolute atomic E-state index is 12.4. The third-order valence-electron chi connectivity index (χ3n) is 4.31. The molecule has 1 amide bonds. The number of benzene rings is 1. The number of hydrogen-bond donors (Lipinski definition) is 2. The molecule has 0 unspecified atom stereocenters. The molecule has 3 rings (SSSR count). The molecule has 2 aromatic rings. The summed E-state index contributed by atoms with van der Waals surface area (Å²) in [4.78, 5) is 16.7. The quantitative estimate of drug-likeness (QED) is 0.896. The first kappa shape index (κ1) is 12.9. The number of anilines is 1. The van der Waals surface area contributed by atoms with E-state index in [1.807, 2.05) is 24.3 Å². The van der Waals surface area contributed by atoms with Gasteiger partial charge in [0.05, 0.1) is 11.1 Å². The van der Waals surface area contributed by atoms with Crippen LogP contribution in [0.15, 0.2) is 30.3 Å². The Morgan fingerprint density at radius 1 is 1.40 bits per heavy atom. The van der Waals surface area contributed by atoms with Crippen LogP contribution in [0.2, 0.25) is 0 Å². The van der Waals surface area contributed by atoms with Gasteiger partial charge in [0.1, 0.15) is 5.82 Å². The lowest BCUT2D eigenvalue weighted by atomic mass is 10.0. The topological polar surface area (TPSA) is 68.0 Å². The Balaban J connectivity index is 1.87. The van der Waals surface area contributed by atoms with Crippen molar-refractivity contribution in [2.75, 3.05) is 12.3 Å². The van der Waals surface area contributed by atoms with Gasteiger partial charge in [0.15, 0.2) is 0 Å². The van der Waals surface area contributed by atoms with Gasteiger partial charge in [-0.15, -0.1) is 0 Å². The molecule has 1 aliphatic rings. The second-order valence-electron chi connectivity index (χ2n) is 5.65. The summed E-state index contributed by atoms with van der Waals surface area (Å²) in [5.74, 6) is 0.320. The zero-order valence-corrected chi connectivity index (χ0v) is 11.6. The van der Waals surface area contributed by atoms with Crippen molar-refractivity contribution in [2.24, 2.45) is 5.41 Å². The van der Waals surface area contributed by atoms with Crippen molar-refractivity contribution >= 4 is 22.6 Å². The highest BCUT2D eigenvalue weighted by atomic mass is 16.1. The summed E-state index contributed by atoms with van der Waals surface area (Å²) in [7, 11) is 0. The minimum absolute atomic E-state index is 0.0602. The number of carbonyl (C=O) groups excluding carboxylic acids is 1. The average Bonchev–Trinajstić information content (AvgIpc) is 3.24. The molecule has 4 heteroatoms. The van der Waals surface area contributed by atoms with Crippen LogP contribution >= 0.6 is 0 Å². The lowest BCUT2D eigenvalue weighted by Crippen LogP contribution is -2.30. The number of fused-ring (bicyclic) bond motifs is 1. The number of pyridine rings is 1. The third kappa shape index (κ3) is 2.33. The highest BCUT2D eigenvalue weighted by Crippen LogP contribution is 2.47. The Morgan fingerprint density at radius 2 is 2.15 bits per heavy atom. The Kier molecular flexibility index (Phi) is 3.08. The molecular formula is C16H19N3O. The summed E-state index contributed by atoms with van der Waals surface area (Å²) in [6, 6.07) is 9.24. The molecule has 0 aliphatic heterocycles. The number of nitrogens with zero attached hydrogens (tertiary/aromatic N) is 1. The van der Waals surface area contributed by atoms with Gasteiger partial charge < -0.3 is 11.1 Å². The fourth-order valence-corrected chi connectivity index (χ4v) is 2.58. The van der Waals surface area contributed by atoms with E-state index in [-0.39, 0.29) is 5.91 Å². The molecule has 0 spiro atoms. The molecule has 104 valence electrons. The normalized spacial score (nSPS) is 16.1. The average molecular weight is 269 g/mol. The third-order valence-corrected chi connectivity index (χ3v) is 4.31. The molecule has 20 heavy (non-hydrogen) atoms. The van der Waals surface area contributed by atoms with Crippen LogP contribution in [0.3, 0.4) is 0 Å². The lowest BCUT2D eigenvalue weighted by molar-refractivity contribution is 0.0946. The SMILES string of the molecule is CCC1(CNC(=O)c2cc(N)nc3ccccc23)CC1. The monoisotopic (exact) mass is 269 g/mol. The molecule has 1 aromatic heterocycles. The summed E-state index contributed by atoms with van der Waals surface area (Å²) < 4.78 is 0. The van der Waals surface area contributed by atoms with Gasteiger partial charge in [0.2, 0.25) is 0 Å². The molecule has 3 N–H and O–H groups in total. The van der Waals surface area contributed by atoms with E-state index in [4.69, 9.17) is 5.73 Å². The van der Waals surface area contributed by atoms with Gasteiger partial charge in [-0.2, -0.15) is 0 Å². The van der Waals surface area contributed by atoms with E-state index in [9.17, 15) is 4.79 Å². The van der Waals surface area contributed by atoms with Crippen molar-refractivity contribution in [3.63, 3.8) is 0 Å². The number of aromatic nitrogens is 1. The minimum atomic E-state index is -0.0602. The summed E-state index contributed by atoms with van der Waals surface area (Å²) in [5, 5.41) is 3.90. The Hall–Kier alpha value is -2.10. The first-order valence-corrected chi connectivity index (χ1v) is 7.07. The predicted molar refractivity (Wildman–Crippen MR) is 80.4 cm³/mol. The predicted octanol–water partition coefficient (Wildman–Crippen LogP) is 2.74. The van der Waals surface area contributed by atoms with Gasteiger partial charge >= 0.3 is 0 Å². The van der Waals surface area contributed by atoms with Gasteiger partial charge in [-0.05, 0) is 36.8 Å². The van der Waals surface area contributed by atoms with E-state index < -0.39 is 0 Å². The fourth-order valence-electron chi connectivity index (χ4n) is 2.58. The standard InChI is InChI=1S/C16H19N3O/c1-2-16(7-8-16)10-18-15(20)12-9-14(17)19-13-6-4-3-5-11(12)13/h3-6,9H,2,7-8,10H2,1H3,(H2,17,19)(H,18,20). The fraction of sp³-hybridized carbons (Fsp3) is 0.375. The number of nitrogens with one attached hydrogen (secondary N) is 1. The van der Waals surface area contributed by atoms with Crippen LogP contribution in [0.1, 0.15) is 36.5 Å². The van der Waals surface area contributed by atoms with Crippen LogP contribution < -0.4 is 11.1 Å². The van der Waals surface area contributed by atoms with E-state index in [0.29, 0.717) is 16.8 Å². The molecule has 0 saturated heterocycles. The minimum Gasteiger partial charge on any atom is -0.384 e. The molecule has 1 aromatic carbocycles. The molecule has 0 atom stereocenters. The molecule has 0 radical (unpaired) electrons. The van der Waals surface area contributed by atoms with Crippen molar-refractivity contribution in [1.29, 1.82) is 0 Å². The van der Waals surface area contributed by atoms with Crippen molar-refractivity contribution < 1.29 is 4.79 Å². The maximum Gasteiger partial charge on any atom is 0.252 e. The Morgan fingerprint density at radius 3 is 2.85 bits per heavy atom. The molecular weight excluding hydrogens is 250 g/mol. The highest BCUT2D eigenvalue weighted by molar-refractivity contribution is 6.06. The molecule has 1 fully saturated rings. The van der Waals surface area contributed by atoms with Crippen molar-refractivity contribution in [3.8, 4) is 0 Å². The van der Waals surface area contributed by atoms with E-state index in [0.717, 1.165) is 23.9 Å². The number of carbonyl (C=O) groups is 1. The number of nitrogens with two attached hydrogens (primary N) is 1. The summed E-state index contributed by atoms with van der Waals surface area (Å²) in [5.41, 5.74) is 7.50. The molecule has 1 aliphatic carbocycles. The second-order valence-corrected chi connectivity index (χ2v) is 5.65. The number of rotatable bonds is 4. The second kappa shape index (κ2) is 4.78. The number of hydrogen-bond acceptors (Lipinski definition) is 3. The molecule has 1 saturated carbocycles. The first-order chi connectivity index (χ1) is 9.63. The lowest BCUT2D eigenvalue weighted by Gasteiger charge is -2.14. The van der Waals surface area contributed by atoms with Gasteiger partial charge in [-0.1, -0.05) is 25.1 Å². The van der Waals surface area contributed by atoms with Gasteiger partial charge in [0, 0.05) is 11.9 Å². The van der Waals surface area contributed by atoms with Gasteiger partial charge in [0.25, 0.3) is 5.91 Å². The summed E-state index contributed by atoms with van der Waals surface area (Å²) in [6.45, 7) is 2.93. The molecule has 0 bridgehead atoms. The summed E-state index contributed by atoms with van der Waals surface area (Å²) in [6.07, 6.45) is 3.54. The Bertz CT molecular complexity index is 662. The van der Waals surface area contributed by atoms with Crippen molar-refractivity contribution in [2.45, 2.75) is 26.2 Å². The first-order valence-electron chi connectivity index (χ1n) is 7.07. The number of para-hydroxylation sites is 1. The zero-order valence-electron chi connectivity index (χ0n) is 11.6. The Labute approximate surface area is 118 Å². The number of amides is 1. The van der Waals surface area contributed by atoms with Crippen LogP contribution in [0.25, 0.3) is 10.9 Å². The van der Waals surface area contributed by atoms with E-state index >= 15 is 0 Å². The smallest absolute Gasteiger partial charge is 0.252 e. The largest absolute Gasteiger partial charge is 0.384 e. The summed E-state index contributed by atoms with van der Waals surface area (Å²) >= 11 is 0.